The molecule has 2 saturated heterocycles. The van der Waals surface area contributed by atoms with Crippen LogP contribution in [0.25, 0.3) is 11.4 Å². The summed E-state index contributed by atoms with van der Waals surface area (Å²) in [7, 11) is 0. The summed E-state index contributed by atoms with van der Waals surface area (Å²) in [6, 6.07) is 11.5. The lowest BCUT2D eigenvalue weighted by Crippen LogP contribution is -2.31. The number of nitrogens with zero attached hydrogens (tertiary/aromatic N) is 6. The summed E-state index contributed by atoms with van der Waals surface area (Å²) in [5, 5.41) is 4.01. The predicted molar refractivity (Wildman–Crippen MR) is 117 cm³/mol. The van der Waals surface area contributed by atoms with E-state index in [4.69, 9.17) is 9.26 Å². The zero-order valence-electron chi connectivity index (χ0n) is 17.9. The molecule has 0 saturated carbocycles. The van der Waals surface area contributed by atoms with E-state index in [1.807, 2.05) is 41.3 Å². The smallest absolute Gasteiger partial charge is 0.227 e. The zero-order chi connectivity index (χ0) is 21.8. The SMILES string of the molecule is O=C(CCc1nc(-c2ccccc2)no1)N1CCC(Oc2cc(N3CCCC3)ncn2)C1. The van der Waals surface area contributed by atoms with Crippen molar-refractivity contribution in [1.82, 2.24) is 25.0 Å². The Morgan fingerprint density at radius 3 is 2.81 bits per heavy atom. The van der Waals surface area contributed by atoms with Crippen molar-refractivity contribution in [2.24, 2.45) is 0 Å². The minimum absolute atomic E-state index is 0.0617. The van der Waals surface area contributed by atoms with Crippen LogP contribution in [0.4, 0.5) is 5.82 Å². The molecule has 0 bridgehead atoms. The van der Waals surface area contributed by atoms with Crippen LogP contribution in [0.2, 0.25) is 0 Å². The number of aromatic nitrogens is 4. The third-order valence-electron chi connectivity index (χ3n) is 5.90. The van der Waals surface area contributed by atoms with Crippen molar-refractivity contribution in [2.75, 3.05) is 31.1 Å². The molecular weight excluding hydrogens is 408 g/mol. The second kappa shape index (κ2) is 9.33. The molecule has 2 fully saturated rings. The molecule has 2 aliphatic heterocycles. The standard InChI is InChI=1S/C23H26N6O3/c30-22(9-8-20-26-23(27-32-20)17-6-2-1-3-7-17)29-13-10-18(15-29)31-21-14-19(24-16-25-21)28-11-4-5-12-28/h1-3,6-7,14,16,18H,4-5,8-13,15H2. The number of amides is 1. The Morgan fingerprint density at radius 2 is 1.97 bits per heavy atom. The minimum atomic E-state index is -0.0617. The van der Waals surface area contributed by atoms with Gasteiger partial charge in [0.25, 0.3) is 0 Å². The van der Waals surface area contributed by atoms with Gasteiger partial charge < -0.3 is 19.1 Å². The monoisotopic (exact) mass is 434 g/mol. The minimum Gasteiger partial charge on any atom is -0.472 e. The normalized spacial score (nSPS) is 18.3. The molecule has 0 aliphatic carbocycles. The highest BCUT2D eigenvalue weighted by Gasteiger charge is 2.28. The fraction of sp³-hybridized carbons (Fsp3) is 0.435. The largest absolute Gasteiger partial charge is 0.472 e. The first-order chi connectivity index (χ1) is 15.7. The molecule has 4 heterocycles. The van der Waals surface area contributed by atoms with Crippen LogP contribution in [-0.2, 0) is 11.2 Å². The van der Waals surface area contributed by atoms with Gasteiger partial charge in [-0.05, 0) is 12.8 Å². The van der Waals surface area contributed by atoms with Gasteiger partial charge in [0.1, 0.15) is 18.2 Å². The molecule has 1 aromatic carbocycles. The molecule has 0 N–H and O–H groups in total. The second-order valence-corrected chi connectivity index (χ2v) is 8.15. The molecule has 32 heavy (non-hydrogen) atoms. The van der Waals surface area contributed by atoms with Crippen molar-refractivity contribution in [3.05, 3.63) is 48.6 Å². The lowest BCUT2D eigenvalue weighted by molar-refractivity contribution is -0.130. The van der Waals surface area contributed by atoms with Crippen molar-refractivity contribution in [2.45, 2.75) is 38.2 Å². The number of ether oxygens (including phenoxy) is 1. The van der Waals surface area contributed by atoms with Gasteiger partial charge in [0.15, 0.2) is 0 Å². The molecule has 0 spiro atoms. The van der Waals surface area contributed by atoms with Gasteiger partial charge in [-0.3, -0.25) is 4.79 Å². The number of hydrogen-bond donors (Lipinski definition) is 0. The molecule has 0 radical (unpaired) electrons. The summed E-state index contributed by atoms with van der Waals surface area (Å²) in [6.45, 7) is 3.28. The lowest BCUT2D eigenvalue weighted by atomic mass is 10.2. The Hall–Kier alpha value is -3.49. The van der Waals surface area contributed by atoms with Crippen LogP contribution in [0.3, 0.4) is 0 Å². The Bertz CT molecular complexity index is 1050. The Balaban J connectivity index is 1.11. The molecule has 1 amide bonds. The maximum absolute atomic E-state index is 12.7. The predicted octanol–water partition coefficient (Wildman–Crippen LogP) is 2.74. The van der Waals surface area contributed by atoms with Crippen molar-refractivity contribution >= 4 is 11.7 Å². The summed E-state index contributed by atoms with van der Waals surface area (Å²) in [5.74, 6) is 2.56. The Labute approximate surface area is 186 Å². The number of carbonyl (C=O) groups excluding carboxylic acids is 1. The molecule has 166 valence electrons. The summed E-state index contributed by atoms with van der Waals surface area (Å²) >= 11 is 0. The fourth-order valence-electron chi connectivity index (χ4n) is 4.17. The Kier molecular flexibility index (Phi) is 5.96. The van der Waals surface area contributed by atoms with E-state index in [0.29, 0.717) is 43.5 Å². The fourth-order valence-corrected chi connectivity index (χ4v) is 4.17. The number of hydrogen-bond acceptors (Lipinski definition) is 8. The van der Waals surface area contributed by atoms with Crippen LogP contribution in [-0.4, -0.2) is 63.2 Å². The molecule has 2 aliphatic rings. The van der Waals surface area contributed by atoms with Crippen molar-refractivity contribution in [1.29, 1.82) is 0 Å². The van der Waals surface area contributed by atoms with E-state index < -0.39 is 0 Å². The van der Waals surface area contributed by atoms with Crippen LogP contribution < -0.4 is 9.64 Å². The first kappa shape index (κ1) is 20.4. The molecule has 3 aromatic rings. The third-order valence-corrected chi connectivity index (χ3v) is 5.90. The highest BCUT2D eigenvalue weighted by molar-refractivity contribution is 5.76. The van der Waals surface area contributed by atoms with E-state index in [9.17, 15) is 4.79 Å². The maximum atomic E-state index is 12.7. The average molecular weight is 435 g/mol. The molecule has 5 rings (SSSR count). The number of rotatable bonds is 7. The van der Waals surface area contributed by atoms with Crippen LogP contribution in [0.5, 0.6) is 5.88 Å². The van der Waals surface area contributed by atoms with Crippen molar-refractivity contribution < 1.29 is 14.1 Å². The number of aryl methyl sites for hydroxylation is 1. The third kappa shape index (κ3) is 4.71. The van der Waals surface area contributed by atoms with Crippen LogP contribution >= 0.6 is 0 Å². The number of carbonyl (C=O) groups is 1. The summed E-state index contributed by atoms with van der Waals surface area (Å²) in [4.78, 5) is 29.8. The van der Waals surface area contributed by atoms with Gasteiger partial charge in [-0.25, -0.2) is 9.97 Å². The van der Waals surface area contributed by atoms with Gasteiger partial charge in [0.2, 0.25) is 23.5 Å². The first-order valence-electron chi connectivity index (χ1n) is 11.1. The van der Waals surface area contributed by atoms with E-state index in [1.54, 1.807) is 6.33 Å². The first-order valence-corrected chi connectivity index (χ1v) is 11.1. The average Bonchev–Trinajstić information content (AvgIpc) is 3.60. The zero-order valence-corrected chi connectivity index (χ0v) is 17.9. The molecule has 9 nitrogen and oxygen atoms in total. The second-order valence-electron chi connectivity index (χ2n) is 8.15. The van der Waals surface area contributed by atoms with E-state index in [0.717, 1.165) is 30.9 Å². The highest BCUT2D eigenvalue weighted by atomic mass is 16.5. The van der Waals surface area contributed by atoms with Gasteiger partial charge >= 0.3 is 0 Å². The van der Waals surface area contributed by atoms with E-state index in [1.165, 1.54) is 12.8 Å². The highest BCUT2D eigenvalue weighted by Crippen LogP contribution is 2.23. The van der Waals surface area contributed by atoms with E-state index in [-0.39, 0.29) is 12.0 Å². The van der Waals surface area contributed by atoms with Gasteiger partial charge in [-0.2, -0.15) is 4.98 Å². The van der Waals surface area contributed by atoms with Crippen molar-refractivity contribution in [3.63, 3.8) is 0 Å². The number of anilines is 1. The molecular formula is C23H26N6O3. The molecule has 9 heteroatoms. The van der Waals surface area contributed by atoms with Crippen LogP contribution in [0.1, 0.15) is 31.6 Å². The molecule has 1 atom stereocenters. The summed E-state index contributed by atoms with van der Waals surface area (Å²) in [6.07, 6.45) is 5.41. The quantitative estimate of drug-likeness (QED) is 0.560. The van der Waals surface area contributed by atoms with Crippen LogP contribution in [0.15, 0.2) is 47.2 Å². The summed E-state index contributed by atoms with van der Waals surface area (Å²) in [5.41, 5.74) is 0.894. The topological polar surface area (TPSA) is 97.5 Å². The maximum Gasteiger partial charge on any atom is 0.227 e. The lowest BCUT2D eigenvalue weighted by Gasteiger charge is -2.18. The Morgan fingerprint density at radius 1 is 1.12 bits per heavy atom. The number of likely N-dealkylation sites (tertiary alicyclic amines) is 1. The molecule has 1 unspecified atom stereocenters. The molecule has 2 aromatic heterocycles. The van der Waals surface area contributed by atoms with Gasteiger partial charge in [-0.15, -0.1) is 0 Å². The van der Waals surface area contributed by atoms with E-state index in [2.05, 4.69) is 25.0 Å². The van der Waals surface area contributed by atoms with Gasteiger partial charge in [0.05, 0.1) is 6.54 Å². The van der Waals surface area contributed by atoms with E-state index >= 15 is 0 Å². The van der Waals surface area contributed by atoms with Crippen molar-refractivity contribution in [3.8, 4) is 17.3 Å². The van der Waals surface area contributed by atoms with Crippen LogP contribution in [0, 0.1) is 0 Å². The van der Waals surface area contributed by atoms with Gasteiger partial charge in [-0.1, -0.05) is 35.5 Å². The number of benzene rings is 1. The summed E-state index contributed by atoms with van der Waals surface area (Å²) < 4.78 is 11.4. The van der Waals surface area contributed by atoms with Gasteiger partial charge in [0, 0.05) is 50.5 Å².